The van der Waals surface area contributed by atoms with E-state index in [1.165, 1.54) is 25.5 Å². The maximum Gasteiger partial charge on any atom is 0.273 e. The molecule has 0 radical (unpaired) electrons. The quantitative estimate of drug-likeness (QED) is 0.599. The largest absolute Gasteiger partial charge is 0.446 e. The van der Waals surface area contributed by atoms with Gasteiger partial charge in [-0.15, -0.1) is 12.4 Å². The Morgan fingerprint density at radius 3 is 2.86 bits per heavy atom. The summed E-state index contributed by atoms with van der Waals surface area (Å²) in [4.78, 5) is 20.1. The number of aromatic nitrogens is 2. The maximum absolute atomic E-state index is 12.5. The summed E-state index contributed by atoms with van der Waals surface area (Å²) in [7, 11) is 0. The van der Waals surface area contributed by atoms with Crippen molar-refractivity contribution in [2.75, 3.05) is 0 Å². The van der Waals surface area contributed by atoms with Gasteiger partial charge in [0.05, 0.1) is 5.54 Å². The first kappa shape index (κ1) is 20.4. The van der Waals surface area contributed by atoms with E-state index in [9.17, 15) is 4.79 Å². The number of nitrogens with two attached hydrogens (primary N) is 1. The fraction of sp³-hybridized carbons (Fsp3) is 0.429. The molecule has 4 N–H and O–H groups in total. The van der Waals surface area contributed by atoms with Gasteiger partial charge in [0, 0.05) is 29.6 Å². The highest BCUT2D eigenvalue weighted by molar-refractivity contribution is 5.92. The van der Waals surface area contributed by atoms with Crippen molar-refractivity contribution in [1.82, 2.24) is 15.3 Å². The molecule has 3 aromatic rings. The monoisotopic (exact) mass is 402 g/mol. The maximum atomic E-state index is 12.5. The van der Waals surface area contributed by atoms with Crippen LogP contribution in [0.15, 0.2) is 41.1 Å². The molecule has 1 aliphatic rings. The van der Waals surface area contributed by atoms with Crippen LogP contribution in [0, 0.1) is 0 Å². The SMILES string of the molecule is CC(N)(Cc1c[nH]c2ccccc12)c1nc(C(=O)NC2CCCCC2)co1.Cl. The Hall–Kier alpha value is -2.31. The number of halogens is 1. The molecule has 0 aliphatic heterocycles. The number of rotatable bonds is 5. The number of carbonyl (C=O) groups is 1. The Kier molecular flexibility index (Phi) is 6.10. The third kappa shape index (κ3) is 4.23. The second-order valence-electron chi connectivity index (χ2n) is 7.80. The number of amides is 1. The van der Waals surface area contributed by atoms with Crippen molar-refractivity contribution in [3.05, 3.63) is 53.9 Å². The van der Waals surface area contributed by atoms with Crippen LogP contribution < -0.4 is 11.1 Å². The molecule has 6 nitrogen and oxygen atoms in total. The highest BCUT2D eigenvalue weighted by Gasteiger charge is 2.30. The number of nitrogens with one attached hydrogen (secondary N) is 2. The fourth-order valence-electron chi connectivity index (χ4n) is 3.90. The zero-order valence-corrected chi connectivity index (χ0v) is 16.8. The van der Waals surface area contributed by atoms with Gasteiger partial charge in [-0.25, -0.2) is 4.98 Å². The molecular formula is C21H27ClN4O2. The topological polar surface area (TPSA) is 96.9 Å². The fourth-order valence-corrected chi connectivity index (χ4v) is 3.90. The molecule has 1 fully saturated rings. The minimum Gasteiger partial charge on any atom is -0.446 e. The van der Waals surface area contributed by atoms with E-state index in [4.69, 9.17) is 10.2 Å². The number of H-pyrrole nitrogens is 1. The molecule has 0 bridgehead atoms. The molecule has 1 unspecified atom stereocenters. The molecule has 1 amide bonds. The molecule has 28 heavy (non-hydrogen) atoms. The summed E-state index contributed by atoms with van der Waals surface area (Å²) in [6.45, 7) is 1.88. The summed E-state index contributed by atoms with van der Waals surface area (Å²) in [5, 5.41) is 4.20. The van der Waals surface area contributed by atoms with E-state index in [1.807, 2.05) is 31.3 Å². The Morgan fingerprint density at radius 1 is 1.32 bits per heavy atom. The molecule has 150 valence electrons. The van der Waals surface area contributed by atoms with Gasteiger partial charge in [0.2, 0.25) is 5.89 Å². The van der Waals surface area contributed by atoms with E-state index in [0.717, 1.165) is 29.3 Å². The number of aromatic amines is 1. The van der Waals surface area contributed by atoms with E-state index in [0.29, 0.717) is 18.0 Å². The van der Waals surface area contributed by atoms with Crippen LogP contribution in [0.25, 0.3) is 10.9 Å². The average Bonchev–Trinajstić information content (AvgIpc) is 3.31. The Labute approximate surface area is 170 Å². The third-order valence-corrected chi connectivity index (χ3v) is 5.40. The first-order valence-corrected chi connectivity index (χ1v) is 9.64. The van der Waals surface area contributed by atoms with Crippen molar-refractivity contribution in [1.29, 1.82) is 0 Å². The molecule has 2 aromatic heterocycles. The number of para-hydroxylation sites is 1. The number of hydrogen-bond acceptors (Lipinski definition) is 4. The first-order valence-electron chi connectivity index (χ1n) is 9.64. The molecule has 7 heteroatoms. The highest BCUT2D eigenvalue weighted by atomic mass is 35.5. The van der Waals surface area contributed by atoms with Crippen molar-refractivity contribution in [3.8, 4) is 0 Å². The smallest absolute Gasteiger partial charge is 0.273 e. The Morgan fingerprint density at radius 2 is 2.07 bits per heavy atom. The van der Waals surface area contributed by atoms with Gasteiger partial charge >= 0.3 is 0 Å². The summed E-state index contributed by atoms with van der Waals surface area (Å²) in [6, 6.07) is 8.34. The number of fused-ring (bicyclic) bond motifs is 1. The Bertz CT molecular complexity index is 941. The number of oxazole rings is 1. The lowest BCUT2D eigenvalue weighted by Gasteiger charge is -2.22. The van der Waals surface area contributed by atoms with Crippen molar-refractivity contribution in [2.24, 2.45) is 5.73 Å². The van der Waals surface area contributed by atoms with Crippen LogP contribution in [0.2, 0.25) is 0 Å². The summed E-state index contributed by atoms with van der Waals surface area (Å²) >= 11 is 0. The van der Waals surface area contributed by atoms with Crippen molar-refractivity contribution < 1.29 is 9.21 Å². The summed E-state index contributed by atoms with van der Waals surface area (Å²) in [5.41, 5.74) is 8.17. The van der Waals surface area contributed by atoms with Crippen molar-refractivity contribution in [2.45, 2.75) is 57.0 Å². The van der Waals surface area contributed by atoms with Crippen molar-refractivity contribution in [3.63, 3.8) is 0 Å². The van der Waals surface area contributed by atoms with Gasteiger partial charge in [0.1, 0.15) is 6.26 Å². The predicted octanol–water partition coefficient (Wildman–Crippen LogP) is 4.06. The predicted molar refractivity (Wildman–Crippen MR) is 112 cm³/mol. The van der Waals surface area contributed by atoms with Crippen LogP contribution in [0.1, 0.15) is 61.0 Å². The average molecular weight is 403 g/mol. The minimum absolute atomic E-state index is 0. The normalized spacial score (nSPS) is 17.1. The van der Waals surface area contributed by atoms with E-state index < -0.39 is 5.54 Å². The lowest BCUT2D eigenvalue weighted by atomic mass is 9.93. The molecule has 1 aliphatic carbocycles. The molecule has 0 saturated heterocycles. The van der Waals surface area contributed by atoms with Gasteiger partial charge in [0.15, 0.2) is 5.69 Å². The minimum atomic E-state index is -0.811. The van der Waals surface area contributed by atoms with Crippen LogP contribution in [0.3, 0.4) is 0 Å². The number of nitrogens with zero attached hydrogens (tertiary/aromatic N) is 1. The van der Waals surface area contributed by atoms with E-state index >= 15 is 0 Å². The van der Waals surface area contributed by atoms with Crippen LogP contribution in [-0.4, -0.2) is 21.9 Å². The number of hydrogen-bond donors (Lipinski definition) is 3. The molecule has 1 aromatic carbocycles. The van der Waals surface area contributed by atoms with Crippen LogP contribution >= 0.6 is 12.4 Å². The zero-order chi connectivity index (χ0) is 18.9. The standard InChI is InChI=1S/C21H26N4O2.ClH/c1-21(22,11-14-12-23-17-10-6-5-9-16(14)17)20-25-18(13-27-20)19(26)24-15-7-3-2-4-8-15;/h5-6,9-10,12-13,15,23H,2-4,7-8,11,22H2,1H3,(H,24,26);1H. The van der Waals surface area contributed by atoms with Gasteiger partial charge in [0.25, 0.3) is 5.91 Å². The zero-order valence-electron chi connectivity index (χ0n) is 16.0. The van der Waals surface area contributed by atoms with E-state index in [2.05, 4.69) is 21.4 Å². The number of benzene rings is 1. The lowest BCUT2D eigenvalue weighted by molar-refractivity contribution is 0.0922. The van der Waals surface area contributed by atoms with Crippen LogP contribution in [0.5, 0.6) is 0 Å². The van der Waals surface area contributed by atoms with E-state index in [-0.39, 0.29) is 24.4 Å². The van der Waals surface area contributed by atoms with Gasteiger partial charge in [-0.3, -0.25) is 4.79 Å². The van der Waals surface area contributed by atoms with Crippen molar-refractivity contribution >= 4 is 29.2 Å². The van der Waals surface area contributed by atoms with Crippen LogP contribution in [0.4, 0.5) is 0 Å². The molecule has 1 atom stereocenters. The molecule has 0 spiro atoms. The third-order valence-electron chi connectivity index (χ3n) is 5.40. The summed E-state index contributed by atoms with van der Waals surface area (Å²) in [5.74, 6) is 0.196. The summed E-state index contributed by atoms with van der Waals surface area (Å²) < 4.78 is 5.59. The molecule has 4 rings (SSSR count). The number of carbonyl (C=O) groups excluding carboxylic acids is 1. The van der Waals surface area contributed by atoms with Gasteiger partial charge < -0.3 is 20.5 Å². The molecule has 2 heterocycles. The van der Waals surface area contributed by atoms with Gasteiger partial charge in [-0.05, 0) is 31.4 Å². The summed E-state index contributed by atoms with van der Waals surface area (Å²) in [6.07, 6.45) is 9.59. The Balaban J connectivity index is 0.00000225. The first-order chi connectivity index (χ1) is 13.0. The second kappa shape index (κ2) is 8.37. The highest BCUT2D eigenvalue weighted by Crippen LogP contribution is 2.27. The second-order valence-corrected chi connectivity index (χ2v) is 7.80. The van der Waals surface area contributed by atoms with Crippen LogP contribution in [-0.2, 0) is 12.0 Å². The van der Waals surface area contributed by atoms with E-state index in [1.54, 1.807) is 0 Å². The van der Waals surface area contributed by atoms with Gasteiger partial charge in [-0.1, -0.05) is 37.5 Å². The van der Waals surface area contributed by atoms with Gasteiger partial charge in [-0.2, -0.15) is 0 Å². The molecular weight excluding hydrogens is 376 g/mol. The lowest BCUT2D eigenvalue weighted by Crippen LogP contribution is -2.37. The molecule has 1 saturated carbocycles.